The van der Waals surface area contributed by atoms with E-state index in [1.165, 1.54) is 0 Å². The molecule has 1 aromatic carbocycles. The SMILES string of the molecule is [N-]=[N+](O)O.c1ccc2[nH]ncc2c1. The zero-order chi connectivity index (χ0) is 9.68. The second-order valence-corrected chi connectivity index (χ2v) is 2.23. The van der Waals surface area contributed by atoms with E-state index in [2.05, 4.69) is 10.2 Å². The van der Waals surface area contributed by atoms with Crippen LogP contribution in [0.15, 0.2) is 30.5 Å². The van der Waals surface area contributed by atoms with Gasteiger partial charge in [0.05, 0.1) is 11.7 Å². The van der Waals surface area contributed by atoms with Gasteiger partial charge in [0.2, 0.25) is 0 Å². The van der Waals surface area contributed by atoms with Gasteiger partial charge in [0, 0.05) is 5.39 Å². The Hall–Kier alpha value is -2.11. The fourth-order valence-electron chi connectivity index (χ4n) is 0.883. The summed E-state index contributed by atoms with van der Waals surface area (Å²) in [7, 11) is 0. The molecule has 0 atom stereocenters. The smallest absolute Gasteiger partial charge is 0.117 e. The van der Waals surface area contributed by atoms with Gasteiger partial charge in [-0.1, -0.05) is 18.2 Å². The second-order valence-electron chi connectivity index (χ2n) is 2.23. The van der Waals surface area contributed by atoms with E-state index < -0.39 is 5.02 Å². The molecule has 0 aliphatic rings. The minimum atomic E-state index is -1.00. The first-order valence-corrected chi connectivity index (χ1v) is 3.45. The van der Waals surface area contributed by atoms with Crippen molar-refractivity contribution in [1.29, 1.82) is 0 Å². The molecule has 0 aliphatic carbocycles. The maximum Gasteiger partial charge on any atom is 0.117 e. The minimum Gasteiger partial charge on any atom is -0.392 e. The lowest BCUT2D eigenvalue weighted by molar-refractivity contribution is -0.969. The largest absolute Gasteiger partial charge is 0.392 e. The lowest BCUT2D eigenvalue weighted by Gasteiger charge is -1.81. The summed E-state index contributed by atoms with van der Waals surface area (Å²) in [6, 6.07) is 8.01. The Morgan fingerprint density at radius 1 is 1.31 bits per heavy atom. The summed E-state index contributed by atoms with van der Waals surface area (Å²) in [5.74, 6) is 0. The van der Waals surface area contributed by atoms with Crippen LogP contribution in [-0.4, -0.2) is 25.6 Å². The summed E-state index contributed by atoms with van der Waals surface area (Å²) in [5, 5.41) is 20.9. The Balaban J connectivity index is 0.000000184. The molecule has 0 bridgehead atoms. The van der Waals surface area contributed by atoms with Crippen molar-refractivity contribution in [2.75, 3.05) is 0 Å². The summed E-state index contributed by atoms with van der Waals surface area (Å²) >= 11 is 0. The highest BCUT2D eigenvalue weighted by molar-refractivity contribution is 5.77. The number of nitrogens with one attached hydrogen (secondary N) is 1. The van der Waals surface area contributed by atoms with Gasteiger partial charge in [0.25, 0.3) is 0 Å². The van der Waals surface area contributed by atoms with E-state index in [1.54, 1.807) is 0 Å². The van der Waals surface area contributed by atoms with E-state index in [1.807, 2.05) is 30.5 Å². The highest BCUT2D eigenvalue weighted by atomic mass is 16.8. The highest BCUT2D eigenvalue weighted by Crippen LogP contribution is 2.06. The molecule has 6 nitrogen and oxygen atoms in total. The van der Waals surface area contributed by atoms with Crippen molar-refractivity contribution >= 4 is 10.9 Å². The first-order valence-electron chi connectivity index (χ1n) is 3.45. The monoisotopic (exact) mass is 180 g/mol. The van der Waals surface area contributed by atoms with E-state index >= 15 is 0 Å². The molecular weight excluding hydrogens is 172 g/mol. The van der Waals surface area contributed by atoms with E-state index in [0.29, 0.717) is 0 Å². The molecule has 3 N–H and O–H groups in total. The molecule has 0 saturated carbocycles. The Kier molecular flexibility index (Phi) is 2.80. The van der Waals surface area contributed by atoms with E-state index in [-0.39, 0.29) is 0 Å². The van der Waals surface area contributed by atoms with Crippen LogP contribution in [0.3, 0.4) is 0 Å². The second kappa shape index (κ2) is 4.05. The maximum absolute atomic E-state index is 7.00. The minimum absolute atomic E-state index is 1.00. The van der Waals surface area contributed by atoms with E-state index in [0.717, 1.165) is 10.9 Å². The molecule has 1 aromatic heterocycles. The number of rotatable bonds is 0. The lowest BCUT2D eigenvalue weighted by Crippen LogP contribution is -1.85. The van der Waals surface area contributed by atoms with Crippen molar-refractivity contribution in [2.45, 2.75) is 0 Å². The van der Waals surface area contributed by atoms with Crippen LogP contribution in [0, 0.1) is 0 Å². The van der Waals surface area contributed by atoms with Crippen LogP contribution in [-0.2, 0) is 0 Å². The number of para-hydroxylation sites is 1. The summed E-state index contributed by atoms with van der Waals surface area (Å²) < 4.78 is 0. The number of fused-ring (bicyclic) bond motifs is 1. The van der Waals surface area contributed by atoms with Gasteiger partial charge in [-0.3, -0.25) is 15.5 Å². The highest BCUT2D eigenvalue weighted by Gasteiger charge is 1.88. The Morgan fingerprint density at radius 3 is 2.54 bits per heavy atom. The molecule has 0 saturated heterocycles. The van der Waals surface area contributed by atoms with Crippen molar-refractivity contribution in [2.24, 2.45) is 0 Å². The molecule has 6 heteroatoms. The number of H-pyrrole nitrogens is 1. The van der Waals surface area contributed by atoms with Gasteiger partial charge in [-0.25, -0.2) is 0 Å². The molecule has 68 valence electrons. The predicted octanol–water partition coefficient (Wildman–Crippen LogP) is 1.36. The molecule has 0 spiro atoms. The van der Waals surface area contributed by atoms with Crippen molar-refractivity contribution in [3.8, 4) is 0 Å². The van der Waals surface area contributed by atoms with Crippen molar-refractivity contribution < 1.29 is 15.4 Å². The number of nitrogens with zero attached hydrogens (tertiary/aromatic N) is 3. The van der Waals surface area contributed by atoms with Crippen LogP contribution in [0.5, 0.6) is 0 Å². The number of hydrogen-bond donors (Lipinski definition) is 3. The van der Waals surface area contributed by atoms with Gasteiger partial charge < -0.3 is 5.53 Å². The molecule has 2 rings (SSSR count). The maximum atomic E-state index is 7.00. The van der Waals surface area contributed by atoms with Crippen LogP contribution < -0.4 is 0 Å². The van der Waals surface area contributed by atoms with Crippen molar-refractivity contribution in [3.05, 3.63) is 36.0 Å². The van der Waals surface area contributed by atoms with Gasteiger partial charge in [-0.15, -0.1) is 0 Å². The zero-order valence-electron chi connectivity index (χ0n) is 6.62. The van der Waals surface area contributed by atoms with Crippen LogP contribution in [0.25, 0.3) is 16.4 Å². The Bertz CT molecular complexity index is 364. The summed E-state index contributed by atoms with van der Waals surface area (Å²) in [6.45, 7) is 0. The van der Waals surface area contributed by atoms with Gasteiger partial charge in [0.15, 0.2) is 0 Å². The van der Waals surface area contributed by atoms with E-state index in [9.17, 15) is 0 Å². The summed E-state index contributed by atoms with van der Waals surface area (Å²) in [5.41, 5.74) is 8.09. The Labute approximate surface area is 73.5 Å². The predicted molar refractivity (Wildman–Crippen MR) is 43.3 cm³/mol. The third-order valence-corrected chi connectivity index (χ3v) is 1.35. The first kappa shape index (κ1) is 8.98. The number of aromatic amines is 1. The Morgan fingerprint density at radius 2 is 1.92 bits per heavy atom. The molecule has 1 heterocycles. The summed E-state index contributed by atoms with van der Waals surface area (Å²) in [6.07, 6.45) is 1.81. The quantitative estimate of drug-likeness (QED) is 0.422. The van der Waals surface area contributed by atoms with Gasteiger partial charge in [0.1, 0.15) is 5.02 Å². The van der Waals surface area contributed by atoms with Gasteiger partial charge >= 0.3 is 0 Å². The van der Waals surface area contributed by atoms with E-state index in [4.69, 9.17) is 15.9 Å². The molecule has 0 radical (unpaired) electrons. The fourth-order valence-corrected chi connectivity index (χ4v) is 0.883. The molecule has 0 fully saturated rings. The zero-order valence-corrected chi connectivity index (χ0v) is 6.62. The molecule has 0 aliphatic heterocycles. The van der Waals surface area contributed by atoms with Crippen LogP contribution >= 0.6 is 0 Å². The van der Waals surface area contributed by atoms with Crippen molar-refractivity contribution in [3.63, 3.8) is 0 Å². The third-order valence-electron chi connectivity index (χ3n) is 1.35. The molecule has 2 aromatic rings. The van der Waals surface area contributed by atoms with Crippen LogP contribution in [0.1, 0.15) is 0 Å². The normalized spacial score (nSPS) is 8.92. The van der Waals surface area contributed by atoms with Crippen molar-refractivity contribution in [1.82, 2.24) is 10.2 Å². The average molecular weight is 180 g/mol. The molecule has 0 amide bonds. The number of benzene rings is 1. The van der Waals surface area contributed by atoms with Crippen LogP contribution in [0.2, 0.25) is 0 Å². The molecule has 13 heavy (non-hydrogen) atoms. The summed E-state index contributed by atoms with van der Waals surface area (Å²) in [4.78, 5) is 0. The first-order chi connectivity index (χ1) is 6.20. The van der Waals surface area contributed by atoms with Crippen LogP contribution in [0.4, 0.5) is 0 Å². The lowest BCUT2D eigenvalue weighted by atomic mass is 10.3. The third kappa shape index (κ3) is 2.78. The standard InChI is InChI=1S/C7H6N2.H2N2O2/c1-2-4-7-6(3-1)5-8-9-7;1-2(3)4/h1-5H,(H,8,9);3-4H. The average Bonchev–Trinajstić information content (AvgIpc) is 2.49. The van der Waals surface area contributed by atoms with Gasteiger partial charge in [-0.05, 0) is 6.07 Å². The number of aromatic nitrogens is 2. The fraction of sp³-hybridized carbons (Fsp3) is 0. The van der Waals surface area contributed by atoms with Gasteiger partial charge in [-0.2, -0.15) is 5.10 Å². The molecular formula is C7H8N4O2. The topological polar surface area (TPSA) is 94.5 Å². The number of hydrogen-bond acceptors (Lipinski definition) is 1. The molecule has 0 unspecified atom stereocenters.